The van der Waals surface area contributed by atoms with Gasteiger partial charge in [0.2, 0.25) is 0 Å². The molecule has 0 spiro atoms. The molecule has 0 saturated carbocycles. The Morgan fingerprint density at radius 2 is 1.88 bits per heavy atom. The van der Waals surface area contributed by atoms with E-state index < -0.39 is 11.6 Å². The Kier molecular flexibility index (Phi) is 6.27. The molecule has 32 heavy (non-hydrogen) atoms. The van der Waals surface area contributed by atoms with Gasteiger partial charge < -0.3 is 15.2 Å². The number of aromatic nitrogens is 4. The quantitative estimate of drug-likeness (QED) is 0.447. The molecular weight excluding hydrogens is 416 g/mol. The molecule has 0 saturated heterocycles. The zero-order chi connectivity index (χ0) is 22.7. The maximum absolute atomic E-state index is 14.6. The molecule has 4 aromatic rings. The van der Waals surface area contributed by atoms with Gasteiger partial charge >= 0.3 is 0 Å². The summed E-state index contributed by atoms with van der Waals surface area (Å²) >= 11 is 0. The Labute approximate surface area is 183 Å². The van der Waals surface area contributed by atoms with Crippen LogP contribution in [0.25, 0.3) is 22.4 Å². The monoisotopic (exact) mass is 439 g/mol. The molecule has 0 atom stereocenters. The average Bonchev–Trinajstić information content (AvgIpc) is 3.14. The Morgan fingerprint density at radius 3 is 2.56 bits per heavy atom. The number of hydrogen-bond donors (Lipinski definition) is 1. The highest BCUT2D eigenvalue weighted by atomic mass is 19.1. The minimum Gasteiger partial charge on any atom is -0.494 e. The lowest BCUT2D eigenvalue weighted by Gasteiger charge is -2.09. The number of fused-ring (bicyclic) bond motifs is 1. The van der Waals surface area contributed by atoms with Crippen molar-refractivity contribution in [1.82, 2.24) is 19.7 Å². The predicted molar refractivity (Wildman–Crippen MR) is 117 cm³/mol. The van der Waals surface area contributed by atoms with Crippen molar-refractivity contribution >= 4 is 16.7 Å². The van der Waals surface area contributed by atoms with E-state index >= 15 is 0 Å². The molecule has 4 rings (SSSR count). The fourth-order valence-corrected chi connectivity index (χ4v) is 3.48. The number of anilines is 1. The number of ether oxygens (including phenoxy) is 2. The molecule has 2 heterocycles. The van der Waals surface area contributed by atoms with Crippen molar-refractivity contribution in [1.29, 1.82) is 0 Å². The van der Waals surface area contributed by atoms with Gasteiger partial charge in [0.05, 0.1) is 25.3 Å². The van der Waals surface area contributed by atoms with Gasteiger partial charge in [-0.2, -0.15) is 5.10 Å². The Balaban J connectivity index is 1.74. The van der Waals surface area contributed by atoms with Crippen LogP contribution >= 0.6 is 0 Å². The summed E-state index contributed by atoms with van der Waals surface area (Å²) in [6.07, 6.45) is 2.24. The number of nitrogen functional groups attached to an aromatic ring is 1. The molecule has 0 bridgehead atoms. The van der Waals surface area contributed by atoms with Gasteiger partial charge in [-0.05, 0) is 13.0 Å². The number of hydrogen-bond acceptors (Lipinski definition) is 6. The number of rotatable bonds is 8. The summed E-state index contributed by atoms with van der Waals surface area (Å²) in [5.41, 5.74) is 7.95. The zero-order valence-corrected chi connectivity index (χ0v) is 17.8. The predicted octanol–water partition coefficient (Wildman–Crippen LogP) is 3.99. The Morgan fingerprint density at radius 1 is 1.12 bits per heavy atom. The number of methoxy groups -OCH3 is 1. The zero-order valence-electron chi connectivity index (χ0n) is 17.8. The summed E-state index contributed by atoms with van der Waals surface area (Å²) in [5.74, 6) is -0.564. The molecule has 0 fully saturated rings. The SMILES string of the molecule is CCOc1cc(F)c(Cn2nc(-c3ncc(CCOC)c(N)n3)c3ccccc32)c(F)c1. The van der Waals surface area contributed by atoms with Crippen LogP contribution in [0.2, 0.25) is 0 Å². The van der Waals surface area contributed by atoms with Crippen LogP contribution in [0.1, 0.15) is 18.1 Å². The van der Waals surface area contributed by atoms with E-state index in [9.17, 15) is 8.78 Å². The summed E-state index contributed by atoms with van der Waals surface area (Å²) in [4.78, 5) is 8.82. The van der Waals surface area contributed by atoms with E-state index in [1.54, 1.807) is 20.2 Å². The summed E-state index contributed by atoms with van der Waals surface area (Å²) in [5, 5.41) is 5.33. The molecular formula is C23H23F2N5O2. The van der Waals surface area contributed by atoms with Gasteiger partial charge in [-0.15, -0.1) is 0 Å². The van der Waals surface area contributed by atoms with Gasteiger partial charge in [0.15, 0.2) is 5.82 Å². The van der Waals surface area contributed by atoms with Gasteiger partial charge in [0, 0.05) is 48.4 Å². The van der Waals surface area contributed by atoms with Crippen molar-refractivity contribution in [2.45, 2.75) is 19.9 Å². The Hall–Kier alpha value is -3.59. The second-order valence-electron chi connectivity index (χ2n) is 7.17. The van der Waals surface area contributed by atoms with Crippen LogP contribution in [0.3, 0.4) is 0 Å². The summed E-state index contributed by atoms with van der Waals surface area (Å²) in [6.45, 7) is 2.47. The maximum Gasteiger partial charge on any atom is 0.182 e. The second kappa shape index (κ2) is 9.27. The smallest absolute Gasteiger partial charge is 0.182 e. The summed E-state index contributed by atoms with van der Waals surface area (Å²) in [6, 6.07) is 9.72. The average molecular weight is 439 g/mol. The first-order valence-corrected chi connectivity index (χ1v) is 10.2. The van der Waals surface area contributed by atoms with Crippen molar-refractivity contribution in [2.24, 2.45) is 0 Å². The van der Waals surface area contributed by atoms with E-state index in [1.165, 1.54) is 16.8 Å². The van der Waals surface area contributed by atoms with Crippen LogP contribution in [-0.4, -0.2) is 40.1 Å². The number of benzene rings is 2. The molecule has 0 aliphatic heterocycles. The molecule has 0 amide bonds. The fraction of sp³-hybridized carbons (Fsp3) is 0.261. The molecule has 9 heteroatoms. The lowest BCUT2D eigenvalue weighted by atomic mass is 10.1. The number of nitrogens with zero attached hydrogens (tertiary/aromatic N) is 4. The van der Waals surface area contributed by atoms with Crippen molar-refractivity contribution in [3.8, 4) is 17.3 Å². The molecule has 0 aliphatic carbocycles. The van der Waals surface area contributed by atoms with Crippen LogP contribution in [-0.2, 0) is 17.7 Å². The maximum atomic E-state index is 14.6. The third kappa shape index (κ3) is 4.24. The number of halogens is 2. The first kappa shape index (κ1) is 21.6. The van der Waals surface area contributed by atoms with Gasteiger partial charge in [0.1, 0.15) is 28.9 Å². The normalized spacial score (nSPS) is 11.2. The van der Waals surface area contributed by atoms with E-state index in [0.29, 0.717) is 42.5 Å². The van der Waals surface area contributed by atoms with Crippen molar-refractivity contribution in [3.05, 3.63) is 65.4 Å². The van der Waals surface area contributed by atoms with Gasteiger partial charge in [-0.1, -0.05) is 18.2 Å². The van der Waals surface area contributed by atoms with E-state index in [2.05, 4.69) is 15.1 Å². The minimum absolute atomic E-state index is 0.105. The first-order chi connectivity index (χ1) is 15.5. The van der Waals surface area contributed by atoms with E-state index in [-0.39, 0.29) is 17.9 Å². The third-order valence-corrected chi connectivity index (χ3v) is 5.08. The standard InChI is InChI=1S/C23H23F2N5O2/c1-3-32-15-10-18(24)17(19(25)11-15)13-30-20-7-5-4-6-16(20)21(29-30)23-27-12-14(8-9-31-2)22(26)28-23/h4-7,10-12H,3,8-9,13H2,1-2H3,(H2,26,27,28). The highest BCUT2D eigenvalue weighted by Gasteiger charge is 2.19. The molecule has 0 aliphatic rings. The van der Waals surface area contributed by atoms with Gasteiger partial charge in [0.25, 0.3) is 0 Å². The molecule has 0 radical (unpaired) electrons. The highest BCUT2D eigenvalue weighted by molar-refractivity contribution is 5.91. The fourth-order valence-electron chi connectivity index (χ4n) is 3.48. The molecule has 2 aromatic heterocycles. The second-order valence-corrected chi connectivity index (χ2v) is 7.17. The summed E-state index contributed by atoms with van der Waals surface area (Å²) in [7, 11) is 1.61. The van der Waals surface area contributed by atoms with Crippen molar-refractivity contribution in [2.75, 3.05) is 26.1 Å². The number of para-hydroxylation sites is 1. The first-order valence-electron chi connectivity index (χ1n) is 10.2. The van der Waals surface area contributed by atoms with Crippen LogP contribution < -0.4 is 10.5 Å². The van der Waals surface area contributed by atoms with Crippen molar-refractivity contribution in [3.63, 3.8) is 0 Å². The molecule has 166 valence electrons. The lowest BCUT2D eigenvalue weighted by molar-refractivity contribution is 0.202. The van der Waals surface area contributed by atoms with Crippen LogP contribution in [0.4, 0.5) is 14.6 Å². The van der Waals surface area contributed by atoms with Gasteiger partial charge in [-0.25, -0.2) is 18.7 Å². The van der Waals surface area contributed by atoms with Gasteiger partial charge in [-0.3, -0.25) is 4.68 Å². The third-order valence-electron chi connectivity index (χ3n) is 5.08. The van der Waals surface area contributed by atoms with Crippen molar-refractivity contribution < 1.29 is 18.3 Å². The summed E-state index contributed by atoms with van der Waals surface area (Å²) < 4.78 is 41.1. The minimum atomic E-state index is -0.697. The molecule has 7 nitrogen and oxygen atoms in total. The Bertz CT molecular complexity index is 1240. The lowest BCUT2D eigenvalue weighted by Crippen LogP contribution is -2.08. The van der Waals surface area contributed by atoms with Crippen LogP contribution in [0, 0.1) is 11.6 Å². The van der Waals surface area contributed by atoms with E-state index in [0.717, 1.165) is 10.9 Å². The topological polar surface area (TPSA) is 88.1 Å². The van der Waals surface area contributed by atoms with Crippen LogP contribution in [0.5, 0.6) is 5.75 Å². The van der Waals surface area contributed by atoms with E-state index in [4.69, 9.17) is 15.2 Å². The highest BCUT2D eigenvalue weighted by Crippen LogP contribution is 2.28. The van der Waals surface area contributed by atoms with Crippen LogP contribution in [0.15, 0.2) is 42.6 Å². The largest absolute Gasteiger partial charge is 0.494 e. The number of nitrogens with two attached hydrogens (primary N) is 1. The van der Waals surface area contributed by atoms with E-state index in [1.807, 2.05) is 24.3 Å². The molecule has 2 aromatic carbocycles. The molecule has 0 unspecified atom stereocenters. The molecule has 2 N–H and O–H groups in total.